The summed E-state index contributed by atoms with van der Waals surface area (Å²) in [5, 5.41) is 21.2. The van der Waals surface area contributed by atoms with Gasteiger partial charge >= 0.3 is 38.4 Å². The third-order valence-corrected chi connectivity index (χ3v) is 10.6. The van der Waals surface area contributed by atoms with Crippen LogP contribution in [0.5, 0.6) is 0 Å². The zero-order valence-electron chi connectivity index (χ0n) is 27.4. The molecule has 0 spiro atoms. The van der Waals surface area contributed by atoms with Crippen LogP contribution < -0.4 is 5.73 Å². The maximum absolute atomic E-state index is 15.4. The molecule has 12 atom stereocenters. The number of aromatic nitrogens is 4. The third-order valence-electron chi connectivity index (χ3n) is 7.08. The molecule has 0 saturated carbocycles. The van der Waals surface area contributed by atoms with Gasteiger partial charge in [0.05, 0.1) is 12.9 Å². The predicted molar refractivity (Wildman–Crippen MR) is 167 cm³/mol. The van der Waals surface area contributed by atoms with Crippen LogP contribution in [0.25, 0.3) is 11.2 Å². The number of carbonyl (C=O) groups excluding carboxylic acids is 4. The van der Waals surface area contributed by atoms with Gasteiger partial charge in [0.2, 0.25) is 6.29 Å². The van der Waals surface area contributed by atoms with Crippen molar-refractivity contribution in [1.82, 2.24) is 19.5 Å². The SMILES string of the molecule is CC(=O)OC[C@H](F)C1O[C@@H](OP(=O)(O)OP(O)(=S)OC[C@H]2O[C@@H](n3cnc4c(N)ncnc43)C(O)C2O)C(OC(C)=O)C(OC(C)=O)[C@@H]1OC(C)=O. The largest absolute Gasteiger partial charge is 0.481 e. The van der Waals surface area contributed by atoms with E-state index in [0.29, 0.717) is 0 Å². The second-order valence-electron chi connectivity index (χ2n) is 11.1. The minimum Gasteiger partial charge on any atom is -0.463 e. The fourth-order valence-corrected chi connectivity index (χ4v) is 8.19. The van der Waals surface area contributed by atoms with Crippen LogP contribution in [0.1, 0.15) is 33.9 Å². The number of nitrogen functional groups attached to an aromatic ring is 1. The van der Waals surface area contributed by atoms with Crippen LogP contribution in [0.2, 0.25) is 0 Å². The minimum atomic E-state index is -5.72. The summed E-state index contributed by atoms with van der Waals surface area (Å²) >= 11 is 4.82. The maximum atomic E-state index is 15.4. The third kappa shape index (κ3) is 10.2. The quantitative estimate of drug-likeness (QED) is 0.0852. The van der Waals surface area contributed by atoms with Gasteiger partial charge in [-0.2, -0.15) is 0 Å². The van der Waals surface area contributed by atoms with Gasteiger partial charge in [-0.05, 0) is 11.8 Å². The van der Waals surface area contributed by atoms with Gasteiger partial charge in [0.25, 0.3) is 0 Å². The number of nitrogens with zero attached hydrogens (tertiary/aromatic N) is 4. The van der Waals surface area contributed by atoms with Gasteiger partial charge in [0.15, 0.2) is 42.2 Å². The molecule has 23 nitrogen and oxygen atoms in total. The lowest BCUT2D eigenvalue weighted by Crippen LogP contribution is -2.64. The van der Waals surface area contributed by atoms with E-state index in [1.165, 1.54) is 10.9 Å². The first-order chi connectivity index (χ1) is 24.2. The highest BCUT2D eigenvalue weighted by Crippen LogP contribution is 2.62. The van der Waals surface area contributed by atoms with Gasteiger partial charge in [-0.1, -0.05) is 0 Å². The van der Waals surface area contributed by atoms with Crippen LogP contribution in [0, 0.1) is 0 Å². The van der Waals surface area contributed by atoms with Crippen LogP contribution in [-0.4, -0.2) is 132 Å². The Morgan fingerprint density at radius 1 is 0.962 bits per heavy atom. The lowest BCUT2D eigenvalue weighted by molar-refractivity contribution is -0.296. The number of anilines is 1. The second kappa shape index (κ2) is 16.8. The molecule has 4 rings (SSSR count). The summed E-state index contributed by atoms with van der Waals surface area (Å²) < 4.78 is 75.7. The van der Waals surface area contributed by atoms with Gasteiger partial charge in [-0.3, -0.25) is 28.3 Å². The molecule has 2 aliphatic heterocycles. The Labute approximate surface area is 297 Å². The second-order valence-corrected chi connectivity index (χ2v) is 15.4. The molecule has 290 valence electrons. The molecular formula is C25H34FN5O18P2S. The Bertz CT molecular complexity index is 1760. The number of halogens is 1. The number of nitrogens with two attached hydrogens (primary N) is 1. The van der Waals surface area contributed by atoms with E-state index in [9.17, 15) is 43.7 Å². The lowest BCUT2D eigenvalue weighted by Gasteiger charge is -2.44. The first kappa shape index (κ1) is 41.4. The summed E-state index contributed by atoms with van der Waals surface area (Å²) in [4.78, 5) is 80.5. The van der Waals surface area contributed by atoms with E-state index in [-0.39, 0.29) is 17.0 Å². The standard InChI is InChI=1S/C25H34FN5O18P2S/c1-9(32)41-5-13(26)18-19(43-10(2)33)20(44-11(3)34)21(45-12(4)35)25(47-18)48-50(38,39)49-51(40,52)42-6-14-16(36)17(37)24(46-14)31-8-30-15-22(27)28-7-29-23(15)31/h7-8,13-14,16-21,24-25,36-37H,5-6H2,1-4H3,(H,38,39)(H,40,52)(H2,27,28,29)/t13-,14+,16?,17?,18?,19+,20?,21?,24+,25-,51?/m0/s1. The number of phosphoric acid groups is 1. The average molecular weight is 806 g/mol. The van der Waals surface area contributed by atoms with Crippen LogP contribution in [0.3, 0.4) is 0 Å². The van der Waals surface area contributed by atoms with Crippen LogP contribution in [-0.2, 0) is 77.3 Å². The van der Waals surface area contributed by atoms with E-state index >= 15 is 4.39 Å². The number of rotatable bonds is 14. The van der Waals surface area contributed by atoms with Gasteiger partial charge < -0.3 is 58.7 Å². The van der Waals surface area contributed by atoms with Crippen molar-refractivity contribution in [1.29, 1.82) is 0 Å². The lowest BCUT2D eigenvalue weighted by atomic mass is 9.95. The molecule has 7 unspecified atom stereocenters. The van der Waals surface area contributed by atoms with Crippen LogP contribution in [0.15, 0.2) is 12.7 Å². The summed E-state index contributed by atoms with van der Waals surface area (Å²) in [5.41, 5.74) is 6.09. The predicted octanol–water partition coefficient (Wildman–Crippen LogP) is -1.18. The molecule has 6 N–H and O–H groups in total. The molecule has 0 amide bonds. The first-order valence-electron chi connectivity index (χ1n) is 14.8. The summed E-state index contributed by atoms with van der Waals surface area (Å²) in [7, 11) is -5.72. The highest BCUT2D eigenvalue weighted by Gasteiger charge is 2.57. The van der Waals surface area contributed by atoms with E-state index in [4.69, 9.17) is 50.3 Å². The zero-order chi connectivity index (χ0) is 38.7. The van der Waals surface area contributed by atoms with Crippen molar-refractivity contribution in [3.63, 3.8) is 0 Å². The van der Waals surface area contributed by atoms with Crippen molar-refractivity contribution in [3.05, 3.63) is 12.7 Å². The summed E-state index contributed by atoms with van der Waals surface area (Å²) in [6.45, 7) is -3.12. The number of imidazole rings is 1. The molecule has 2 aliphatic rings. The van der Waals surface area contributed by atoms with Gasteiger partial charge in [-0.25, -0.2) is 28.2 Å². The van der Waals surface area contributed by atoms with Crippen molar-refractivity contribution >= 4 is 67.2 Å². The number of aliphatic hydroxyl groups excluding tert-OH is 2. The van der Waals surface area contributed by atoms with Gasteiger partial charge in [0, 0.05) is 27.7 Å². The summed E-state index contributed by atoms with van der Waals surface area (Å²) in [5.74, 6) is -4.16. The zero-order valence-corrected chi connectivity index (χ0v) is 30.0. The Balaban J connectivity index is 1.52. The Kier molecular flexibility index (Phi) is 13.4. The Morgan fingerprint density at radius 3 is 2.19 bits per heavy atom. The molecule has 2 aromatic heterocycles. The number of fused-ring (bicyclic) bond motifs is 1. The monoisotopic (exact) mass is 805 g/mol. The number of hydrogen-bond acceptors (Lipinski definition) is 21. The number of carbonyl (C=O) groups is 4. The number of ether oxygens (including phenoxy) is 6. The fraction of sp³-hybridized carbons (Fsp3) is 0.640. The Hall–Kier alpha value is -3.32. The van der Waals surface area contributed by atoms with E-state index in [2.05, 4.69) is 24.0 Å². The minimum absolute atomic E-state index is 0.0244. The smallest absolute Gasteiger partial charge is 0.463 e. The normalized spacial score (nSPS) is 30.4. The fourth-order valence-electron chi connectivity index (χ4n) is 5.10. The average Bonchev–Trinajstić information content (AvgIpc) is 3.57. The molecule has 0 bridgehead atoms. The number of esters is 4. The summed E-state index contributed by atoms with van der Waals surface area (Å²) in [6.07, 6.45) is -16.5. The number of hydrogen-bond donors (Lipinski definition) is 5. The molecule has 0 radical (unpaired) electrons. The summed E-state index contributed by atoms with van der Waals surface area (Å²) in [6, 6.07) is 0. The first-order valence-corrected chi connectivity index (χ1v) is 18.9. The Morgan fingerprint density at radius 2 is 1.58 bits per heavy atom. The molecule has 27 heteroatoms. The molecular weight excluding hydrogens is 771 g/mol. The van der Waals surface area contributed by atoms with Crippen molar-refractivity contribution in [2.45, 2.75) is 89.1 Å². The van der Waals surface area contributed by atoms with Crippen molar-refractivity contribution in [2.75, 3.05) is 18.9 Å². The highest BCUT2D eigenvalue weighted by atomic mass is 32.5. The topological polar surface area (TPSA) is 319 Å². The van der Waals surface area contributed by atoms with Crippen molar-refractivity contribution in [2.24, 2.45) is 0 Å². The van der Waals surface area contributed by atoms with Gasteiger partial charge in [-0.15, -0.1) is 0 Å². The molecule has 0 aliphatic carbocycles. The van der Waals surface area contributed by atoms with Crippen molar-refractivity contribution < 1.29 is 89.9 Å². The number of aliphatic hydroxyl groups is 2. The maximum Gasteiger partial charge on any atom is 0.481 e. The van der Waals surface area contributed by atoms with Crippen LogP contribution in [0.4, 0.5) is 10.2 Å². The van der Waals surface area contributed by atoms with E-state index < -0.39 is 113 Å². The molecule has 2 fully saturated rings. The highest BCUT2D eigenvalue weighted by molar-refractivity contribution is 8.08. The number of phosphoric ester groups is 1. The number of alkyl halides is 1. The molecule has 52 heavy (non-hydrogen) atoms. The molecule has 2 saturated heterocycles. The van der Waals surface area contributed by atoms with E-state index in [1.54, 1.807) is 0 Å². The van der Waals surface area contributed by atoms with E-state index in [1.807, 2.05) is 0 Å². The van der Waals surface area contributed by atoms with Crippen LogP contribution >= 0.6 is 14.5 Å². The molecule has 2 aromatic rings. The van der Waals surface area contributed by atoms with Crippen molar-refractivity contribution in [3.8, 4) is 0 Å². The molecule has 0 aromatic carbocycles. The van der Waals surface area contributed by atoms with Gasteiger partial charge in [0.1, 0.15) is 42.9 Å². The molecule has 4 heterocycles. The van der Waals surface area contributed by atoms with E-state index in [0.717, 1.165) is 34.0 Å².